The third kappa shape index (κ3) is 3.64. The monoisotopic (exact) mass is 360 g/mol. The summed E-state index contributed by atoms with van der Waals surface area (Å²) in [6, 6.07) is 17.3. The Balaban J connectivity index is 1.44. The lowest BCUT2D eigenvalue weighted by molar-refractivity contribution is 0.335. The first kappa shape index (κ1) is 17.2. The lowest BCUT2D eigenvalue weighted by atomic mass is 9.99. The molecule has 0 fully saturated rings. The van der Waals surface area contributed by atoms with Gasteiger partial charge in [0.05, 0.1) is 0 Å². The summed E-state index contributed by atoms with van der Waals surface area (Å²) in [6.45, 7) is 3.14. The van der Waals surface area contributed by atoms with E-state index < -0.39 is 0 Å². The fourth-order valence-corrected chi connectivity index (χ4v) is 4.20. The summed E-state index contributed by atoms with van der Waals surface area (Å²) in [6.07, 6.45) is 12.3. The van der Waals surface area contributed by atoms with Crippen molar-refractivity contribution in [2.45, 2.75) is 11.3 Å². The molecular formula is C23H24N2S. The summed E-state index contributed by atoms with van der Waals surface area (Å²) in [7, 11) is 0. The van der Waals surface area contributed by atoms with Gasteiger partial charge in [-0.05, 0) is 47.6 Å². The van der Waals surface area contributed by atoms with Crippen LogP contribution in [-0.2, 0) is 0 Å². The van der Waals surface area contributed by atoms with E-state index in [1.54, 1.807) is 0 Å². The second kappa shape index (κ2) is 7.98. The molecule has 1 aromatic heterocycles. The maximum Gasteiger partial charge on any atom is 0.0460 e. The van der Waals surface area contributed by atoms with Gasteiger partial charge in [0.1, 0.15) is 0 Å². The molecule has 0 bridgehead atoms. The third-order valence-corrected chi connectivity index (χ3v) is 5.84. The van der Waals surface area contributed by atoms with Crippen LogP contribution in [0.25, 0.3) is 22.6 Å². The molecule has 2 heterocycles. The van der Waals surface area contributed by atoms with E-state index in [1.807, 2.05) is 18.0 Å². The highest BCUT2D eigenvalue weighted by atomic mass is 32.2. The zero-order valence-corrected chi connectivity index (χ0v) is 15.9. The molecule has 0 atom stereocenters. The van der Waals surface area contributed by atoms with Crippen LogP contribution < -0.4 is 0 Å². The molecule has 1 aliphatic heterocycles. The highest BCUT2D eigenvalue weighted by molar-refractivity contribution is 7.98. The smallest absolute Gasteiger partial charge is 0.0460 e. The molecule has 2 aromatic carbocycles. The zero-order valence-electron chi connectivity index (χ0n) is 15.1. The van der Waals surface area contributed by atoms with Crippen molar-refractivity contribution in [3.8, 4) is 0 Å². The van der Waals surface area contributed by atoms with E-state index in [4.69, 9.17) is 0 Å². The van der Waals surface area contributed by atoms with E-state index in [1.165, 1.54) is 32.5 Å². The molecule has 1 aliphatic rings. The van der Waals surface area contributed by atoms with Gasteiger partial charge in [-0.2, -0.15) is 0 Å². The number of rotatable bonds is 5. The number of hydrogen-bond donors (Lipinski definition) is 1. The summed E-state index contributed by atoms with van der Waals surface area (Å²) in [5, 5.41) is 1.30. The van der Waals surface area contributed by atoms with Crippen LogP contribution in [0.5, 0.6) is 0 Å². The van der Waals surface area contributed by atoms with E-state index >= 15 is 0 Å². The van der Waals surface area contributed by atoms with E-state index in [9.17, 15) is 0 Å². The summed E-state index contributed by atoms with van der Waals surface area (Å²) in [5.41, 5.74) is 5.38. The molecule has 0 unspecified atom stereocenters. The van der Waals surface area contributed by atoms with E-state index in [0.717, 1.165) is 26.1 Å². The molecule has 2 nitrogen and oxygen atoms in total. The van der Waals surface area contributed by atoms with Crippen molar-refractivity contribution in [2.75, 3.05) is 25.9 Å². The summed E-state index contributed by atoms with van der Waals surface area (Å²) in [5.74, 6) is 0. The summed E-state index contributed by atoms with van der Waals surface area (Å²) < 4.78 is 0. The second-order valence-corrected chi connectivity index (χ2v) is 7.48. The van der Waals surface area contributed by atoms with Crippen LogP contribution in [0.2, 0.25) is 0 Å². The van der Waals surface area contributed by atoms with Crippen molar-refractivity contribution in [3.05, 3.63) is 78.0 Å². The fraction of sp³-hybridized carbons (Fsp3) is 0.217. The average Bonchev–Trinajstić information content (AvgIpc) is 3.18. The van der Waals surface area contributed by atoms with Gasteiger partial charge in [-0.3, -0.25) is 4.90 Å². The molecule has 3 aromatic rings. The number of fused-ring (bicyclic) bond motifs is 1. The lowest BCUT2D eigenvalue weighted by Crippen LogP contribution is -2.28. The van der Waals surface area contributed by atoms with Crippen molar-refractivity contribution >= 4 is 34.3 Å². The van der Waals surface area contributed by atoms with Gasteiger partial charge in [-0.25, -0.2) is 0 Å². The van der Waals surface area contributed by atoms with Crippen LogP contribution in [0.4, 0.5) is 0 Å². The highest BCUT2D eigenvalue weighted by Gasteiger charge is 2.11. The minimum absolute atomic E-state index is 0.993. The minimum Gasteiger partial charge on any atom is -0.361 e. The van der Waals surface area contributed by atoms with Crippen LogP contribution in [0.15, 0.2) is 71.8 Å². The molecule has 3 heteroatoms. The number of H-pyrrole nitrogens is 1. The predicted molar refractivity (Wildman–Crippen MR) is 115 cm³/mol. The molecular weight excluding hydrogens is 336 g/mol. The van der Waals surface area contributed by atoms with Gasteiger partial charge in [0.25, 0.3) is 0 Å². The SMILES string of the molecule is CSc1ccc2[nH]ccc2c1C=CCN1CC=C(c2ccccc2)CC1. The van der Waals surface area contributed by atoms with E-state index in [-0.39, 0.29) is 0 Å². The van der Waals surface area contributed by atoms with Crippen LogP contribution in [0.1, 0.15) is 17.5 Å². The summed E-state index contributed by atoms with van der Waals surface area (Å²) in [4.78, 5) is 7.14. The van der Waals surface area contributed by atoms with Gasteiger partial charge < -0.3 is 4.98 Å². The first-order valence-corrected chi connectivity index (χ1v) is 10.3. The van der Waals surface area contributed by atoms with Gasteiger partial charge >= 0.3 is 0 Å². The zero-order chi connectivity index (χ0) is 17.8. The Bertz CT molecular complexity index is 937. The minimum atomic E-state index is 0.993. The van der Waals surface area contributed by atoms with Crippen molar-refractivity contribution in [1.29, 1.82) is 0 Å². The van der Waals surface area contributed by atoms with E-state index in [2.05, 4.69) is 82.9 Å². The molecule has 0 saturated carbocycles. The van der Waals surface area contributed by atoms with Gasteiger partial charge in [-0.15, -0.1) is 11.8 Å². The Kier molecular flexibility index (Phi) is 5.28. The first-order valence-electron chi connectivity index (χ1n) is 9.12. The second-order valence-electron chi connectivity index (χ2n) is 6.63. The number of hydrogen-bond acceptors (Lipinski definition) is 2. The number of nitrogens with one attached hydrogen (secondary N) is 1. The first-order chi connectivity index (χ1) is 12.8. The maximum absolute atomic E-state index is 3.31. The third-order valence-electron chi connectivity index (χ3n) is 5.04. The Hall–Kier alpha value is -2.23. The Morgan fingerprint density at radius 2 is 2.00 bits per heavy atom. The maximum atomic E-state index is 3.31. The van der Waals surface area contributed by atoms with Gasteiger partial charge in [0.15, 0.2) is 0 Å². The number of nitrogens with zero attached hydrogens (tertiary/aromatic N) is 1. The van der Waals surface area contributed by atoms with Crippen molar-refractivity contribution in [2.24, 2.45) is 0 Å². The molecule has 0 spiro atoms. The molecule has 26 heavy (non-hydrogen) atoms. The molecule has 1 N–H and O–H groups in total. The summed E-state index contributed by atoms with van der Waals surface area (Å²) >= 11 is 1.81. The van der Waals surface area contributed by atoms with Crippen LogP contribution in [0.3, 0.4) is 0 Å². The van der Waals surface area contributed by atoms with Crippen LogP contribution in [0, 0.1) is 0 Å². The number of aromatic nitrogens is 1. The predicted octanol–water partition coefficient (Wildman–Crippen LogP) is 5.69. The van der Waals surface area contributed by atoms with Crippen molar-refractivity contribution in [1.82, 2.24) is 9.88 Å². The molecule has 0 saturated heterocycles. The van der Waals surface area contributed by atoms with Crippen molar-refractivity contribution in [3.63, 3.8) is 0 Å². The normalized spacial score (nSPS) is 15.7. The quantitative estimate of drug-likeness (QED) is 0.589. The molecule has 0 aliphatic carbocycles. The number of benzene rings is 2. The van der Waals surface area contributed by atoms with Crippen LogP contribution >= 0.6 is 11.8 Å². The Morgan fingerprint density at radius 1 is 1.12 bits per heavy atom. The largest absolute Gasteiger partial charge is 0.361 e. The molecule has 0 amide bonds. The average molecular weight is 361 g/mol. The number of thioether (sulfide) groups is 1. The Labute approximate surface area is 159 Å². The topological polar surface area (TPSA) is 19.0 Å². The van der Waals surface area contributed by atoms with Gasteiger partial charge in [0, 0.05) is 41.6 Å². The Morgan fingerprint density at radius 3 is 2.77 bits per heavy atom. The molecule has 4 rings (SSSR count). The molecule has 0 radical (unpaired) electrons. The van der Waals surface area contributed by atoms with Gasteiger partial charge in [-0.1, -0.05) is 48.6 Å². The number of aromatic amines is 1. The molecule has 132 valence electrons. The highest BCUT2D eigenvalue weighted by Crippen LogP contribution is 2.29. The fourth-order valence-electron chi connectivity index (χ4n) is 3.60. The van der Waals surface area contributed by atoms with E-state index in [0.29, 0.717) is 0 Å². The van der Waals surface area contributed by atoms with Gasteiger partial charge in [0.2, 0.25) is 0 Å². The lowest BCUT2D eigenvalue weighted by Gasteiger charge is -2.25. The van der Waals surface area contributed by atoms with Crippen molar-refractivity contribution < 1.29 is 0 Å². The van der Waals surface area contributed by atoms with Crippen LogP contribution in [-0.4, -0.2) is 35.8 Å². The standard InChI is InChI=1S/C23H24N2S/c1-26-23-10-9-22-20(11-14-24-22)21(23)8-5-15-25-16-12-19(13-17-25)18-6-3-2-4-7-18/h2-12,14,24H,13,15-17H2,1H3.